The summed E-state index contributed by atoms with van der Waals surface area (Å²) in [7, 11) is 0. The monoisotopic (exact) mass is 442 g/mol. The Hall–Kier alpha value is -3.06. The molecule has 158 valence electrons. The molecule has 0 fully saturated rings. The Morgan fingerprint density at radius 2 is 1.87 bits per heavy atom. The number of aromatic nitrogens is 3. The molecule has 1 atom stereocenters. The van der Waals surface area contributed by atoms with Crippen molar-refractivity contribution in [2.45, 2.75) is 25.6 Å². The van der Waals surface area contributed by atoms with Crippen LogP contribution in [0.5, 0.6) is 0 Å². The maximum absolute atomic E-state index is 13.3. The van der Waals surface area contributed by atoms with E-state index < -0.39 is 11.9 Å². The van der Waals surface area contributed by atoms with Crippen LogP contribution >= 0.6 is 11.6 Å². The van der Waals surface area contributed by atoms with Gasteiger partial charge in [0.25, 0.3) is 0 Å². The van der Waals surface area contributed by atoms with Crippen LogP contribution in [0.1, 0.15) is 34.1 Å². The van der Waals surface area contributed by atoms with E-state index in [2.05, 4.69) is 15.0 Å². The molecule has 0 saturated carbocycles. The molecule has 0 bridgehead atoms. The molecule has 2 aromatic carbocycles. The number of benzene rings is 2. The van der Waals surface area contributed by atoms with Crippen LogP contribution in [0.15, 0.2) is 54.7 Å². The highest BCUT2D eigenvalue weighted by molar-refractivity contribution is 6.31. The Kier molecular flexibility index (Phi) is 4.66. The number of rotatable bonds is 2. The van der Waals surface area contributed by atoms with Crippen molar-refractivity contribution in [2.24, 2.45) is 0 Å². The Morgan fingerprint density at radius 1 is 1.10 bits per heavy atom. The lowest BCUT2D eigenvalue weighted by Crippen LogP contribution is -2.37. The van der Waals surface area contributed by atoms with E-state index in [1.54, 1.807) is 0 Å². The summed E-state index contributed by atoms with van der Waals surface area (Å²) in [5.74, 6) is 0.0581. The van der Waals surface area contributed by atoms with Gasteiger partial charge < -0.3 is 9.88 Å². The fraction of sp³-hybridized carbons (Fsp3) is 0.217. The molecule has 1 aliphatic rings. The number of aromatic amines is 1. The quantitative estimate of drug-likeness (QED) is 0.408. The van der Waals surface area contributed by atoms with Gasteiger partial charge in [0, 0.05) is 34.4 Å². The average molecular weight is 443 g/mol. The Labute approximate surface area is 181 Å². The fourth-order valence-electron chi connectivity index (χ4n) is 4.22. The predicted octanol–water partition coefficient (Wildman–Crippen LogP) is 6.09. The highest BCUT2D eigenvalue weighted by atomic mass is 35.5. The summed E-state index contributed by atoms with van der Waals surface area (Å²) < 4.78 is 39.9. The summed E-state index contributed by atoms with van der Waals surface area (Å²) in [5, 5.41) is 1.68. The van der Waals surface area contributed by atoms with Gasteiger partial charge in [0.1, 0.15) is 5.69 Å². The highest BCUT2D eigenvalue weighted by Crippen LogP contribution is 2.41. The van der Waals surface area contributed by atoms with E-state index in [1.165, 1.54) is 0 Å². The third kappa shape index (κ3) is 3.53. The zero-order valence-electron chi connectivity index (χ0n) is 16.5. The second kappa shape index (κ2) is 7.27. The molecular formula is C23H18ClF3N4. The van der Waals surface area contributed by atoms with Gasteiger partial charge in [0.15, 0.2) is 0 Å². The van der Waals surface area contributed by atoms with Crippen molar-refractivity contribution in [1.82, 2.24) is 15.0 Å². The summed E-state index contributed by atoms with van der Waals surface area (Å²) in [6, 6.07) is 14.2. The first-order valence-corrected chi connectivity index (χ1v) is 10.2. The SMILES string of the molecule is Cc1ccc([C@H]2c3[nH]c4ccc(Cl)cc4c3CCN2c2nccc(C(F)(F)F)n2)cc1. The first-order valence-electron chi connectivity index (χ1n) is 9.85. The molecule has 1 N–H and O–H groups in total. The van der Waals surface area contributed by atoms with Crippen molar-refractivity contribution in [3.05, 3.63) is 87.8 Å². The van der Waals surface area contributed by atoms with Crippen LogP contribution in [0.4, 0.5) is 19.1 Å². The van der Waals surface area contributed by atoms with Crippen molar-refractivity contribution in [3.8, 4) is 0 Å². The molecular weight excluding hydrogens is 425 g/mol. The lowest BCUT2D eigenvalue weighted by atomic mass is 9.92. The molecule has 1 aliphatic heterocycles. The minimum Gasteiger partial charge on any atom is -0.356 e. The van der Waals surface area contributed by atoms with E-state index >= 15 is 0 Å². The number of aryl methyl sites for hydroxylation is 1. The van der Waals surface area contributed by atoms with Crippen molar-refractivity contribution in [1.29, 1.82) is 0 Å². The molecule has 0 spiro atoms. The van der Waals surface area contributed by atoms with Crippen LogP contribution < -0.4 is 4.90 Å². The van der Waals surface area contributed by atoms with Gasteiger partial charge in [-0.05, 0) is 48.7 Å². The van der Waals surface area contributed by atoms with Gasteiger partial charge in [-0.15, -0.1) is 0 Å². The lowest BCUT2D eigenvalue weighted by molar-refractivity contribution is -0.141. The van der Waals surface area contributed by atoms with Gasteiger partial charge in [-0.1, -0.05) is 41.4 Å². The van der Waals surface area contributed by atoms with E-state index in [0.717, 1.165) is 45.6 Å². The second-order valence-corrected chi connectivity index (χ2v) is 8.14. The number of nitrogens with one attached hydrogen (secondary N) is 1. The molecule has 0 radical (unpaired) electrons. The number of anilines is 1. The van der Waals surface area contributed by atoms with Gasteiger partial charge >= 0.3 is 6.18 Å². The number of hydrogen-bond acceptors (Lipinski definition) is 3. The van der Waals surface area contributed by atoms with Gasteiger partial charge in [0.2, 0.25) is 5.95 Å². The summed E-state index contributed by atoms with van der Waals surface area (Å²) in [4.78, 5) is 13.4. The number of H-pyrrole nitrogens is 1. The normalized spacial score (nSPS) is 16.5. The molecule has 31 heavy (non-hydrogen) atoms. The van der Waals surface area contributed by atoms with Crippen LogP contribution in [0.3, 0.4) is 0 Å². The third-order valence-corrected chi connectivity index (χ3v) is 5.91. The maximum Gasteiger partial charge on any atom is 0.433 e. The molecule has 0 saturated heterocycles. The molecule has 0 aliphatic carbocycles. The number of hydrogen-bond donors (Lipinski definition) is 1. The zero-order chi connectivity index (χ0) is 21.8. The molecule has 0 unspecified atom stereocenters. The van der Waals surface area contributed by atoms with Gasteiger partial charge in [0.05, 0.1) is 6.04 Å². The molecule has 5 rings (SSSR count). The third-order valence-electron chi connectivity index (χ3n) is 5.67. The van der Waals surface area contributed by atoms with E-state index in [0.29, 0.717) is 18.0 Å². The summed E-state index contributed by atoms with van der Waals surface area (Å²) in [5.41, 5.74) is 4.09. The van der Waals surface area contributed by atoms with Gasteiger partial charge in [-0.3, -0.25) is 0 Å². The molecule has 8 heteroatoms. The lowest BCUT2D eigenvalue weighted by Gasteiger charge is -2.36. The van der Waals surface area contributed by atoms with E-state index in [9.17, 15) is 13.2 Å². The van der Waals surface area contributed by atoms with Gasteiger partial charge in [-0.25, -0.2) is 9.97 Å². The minimum absolute atomic E-state index is 0.0581. The van der Waals surface area contributed by atoms with Gasteiger partial charge in [-0.2, -0.15) is 13.2 Å². The molecule has 4 aromatic rings. The highest BCUT2D eigenvalue weighted by Gasteiger charge is 2.36. The predicted molar refractivity (Wildman–Crippen MR) is 114 cm³/mol. The van der Waals surface area contributed by atoms with Crippen molar-refractivity contribution >= 4 is 28.5 Å². The smallest absolute Gasteiger partial charge is 0.356 e. The molecule has 2 aromatic heterocycles. The Balaban J connectivity index is 1.69. The first kappa shape index (κ1) is 19.9. The maximum atomic E-state index is 13.3. The van der Waals surface area contributed by atoms with E-state index in [4.69, 9.17) is 11.6 Å². The van der Waals surface area contributed by atoms with Crippen LogP contribution in [0.25, 0.3) is 10.9 Å². The number of halogens is 4. The molecule has 3 heterocycles. The Bertz CT molecular complexity index is 1260. The van der Waals surface area contributed by atoms with E-state index in [1.807, 2.05) is 54.3 Å². The second-order valence-electron chi connectivity index (χ2n) is 7.70. The summed E-state index contributed by atoms with van der Waals surface area (Å²) in [6.07, 6.45) is -2.73. The number of alkyl halides is 3. The standard InChI is InChI=1S/C23H18ClF3N4/c1-13-2-4-14(5-3-13)21-20-16(17-12-15(24)6-7-18(17)29-20)9-11-31(21)22-28-10-8-19(30-22)23(25,26)27/h2-8,10,12,21,29H,9,11H2,1H3/t21-/m0/s1. The molecule has 4 nitrogen and oxygen atoms in total. The Morgan fingerprint density at radius 3 is 2.61 bits per heavy atom. The van der Waals surface area contributed by atoms with Crippen molar-refractivity contribution in [3.63, 3.8) is 0 Å². The van der Waals surface area contributed by atoms with Crippen LogP contribution in [0.2, 0.25) is 5.02 Å². The van der Waals surface area contributed by atoms with Crippen molar-refractivity contribution < 1.29 is 13.2 Å². The molecule has 0 amide bonds. The minimum atomic E-state index is -4.53. The first-order chi connectivity index (χ1) is 14.8. The summed E-state index contributed by atoms with van der Waals surface area (Å²) >= 11 is 6.22. The van der Waals surface area contributed by atoms with Crippen molar-refractivity contribution in [2.75, 3.05) is 11.4 Å². The van der Waals surface area contributed by atoms with Crippen LogP contribution in [-0.4, -0.2) is 21.5 Å². The zero-order valence-corrected chi connectivity index (χ0v) is 17.3. The number of nitrogens with zero attached hydrogens (tertiary/aromatic N) is 3. The average Bonchev–Trinajstić information content (AvgIpc) is 3.11. The van der Waals surface area contributed by atoms with E-state index in [-0.39, 0.29) is 12.0 Å². The largest absolute Gasteiger partial charge is 0.433 e. The van der Waals surface area contributed by atoms with Crippen LogP contribution in [-0.2, 0) is 12.6 Å². The number of fused-ring (bicyclic) bond motifs is 3. The fourth-order valence-corrected chi connectivity index (χ4v) is 4.39. The van der Waals surface area contributed by atoms with Crippen LogP contribution in [0, 0.1) is 6.92 Å². The summed E-state index contributed by atoms with van der Waals surface area (Å²) in [6.45, 7) is 2.47. The topological polar surface area (TPSA) is 44.8 Å².